The summed E-state index contributed by atoms with van der Waals surface area (Å²) in [6.07, 6.45) is 0. The molecule has 2 aromatic carbocycles. The van der Waals surface area contributed by atoms with Crippen LogP contribution in [0.3, 0.4) is 0 Å². The van der Waals surface area contributed by atoms with Crippen LogP contribution < -0.4 is 5.32 Å². The van der Waals surface area contributed by atoms with Crippen LogP contribution in [-0.4, -0.2) is 4.99 Å². The van der Waals surface area contributed by atoms with E-state index in [0.717, 1.165) is 27.4 Å². The van der Waals surface area contributed by atoms with Gasteiger partial charge in [0, 0.05) is 11.3 Å². The molecule has 2 rings (SSSR count). The first-order chi connectivity index (χ1) is 8.68. The largest absolute Gasteiger partial charge is 0.346 e. The van der Waals surface area contributed by atoms with Crippen LogP contribution in [0.4, 0.5) is 5.69 Å². The van der Waals surface area contributed by atoms with Gasteiger partial charge in [-0.25, -0.2) is 0 Å². The molecule has 0 aliphatic carbocycles. The normalized spacial score (nSPS) is 9.83. The van der Waals surface area contributed by atoms with E-state index >= 15 is 0 Å². The van der Waals surface area contributed by atoms with Crippen LogP contribution in [0.2, 0.25) is 0 Å². The van der Waals surface area contributed by atoms with Gasteiger partial charge in [0.05, 0.1) is 0 Å². The predicted octanol–water partition coefficient (Wildman–Crippen LogP) is 4.51. The van der Waals surface area contributed by atoms with Gasteiger partial charge in [0.25, 0.3) is 0 Å². The molecule has 0 fully saturated rings. The second-order valence-electron chi connectivity index (χ2n) is 4.15. The van der Waals surface area contributed by atoms with Crippen LogP contribution in [0.15, 0.2) is 61.2 Å². The number of allylic oxidation sites excluding steroid dienone is 1. The van der Waals surface area contributed by atoms with Crippen molar-refractivity contribution in [1.82, 2.24) is 0 Å². The van der Waals surface area contributed by atoms with Crippen molar-refractivity contribution < 1.29 is 0 Å². The summed E-state index contributed by atoms with van der Waals surface area (Å²) in [5, 5.41) is 3.24. The van der Waals surface area contributed by atoms with Crippen molar-refractivity contribution in [2.45, 2.75) is 6.92 Å². The Kier molecular flexibility index (Phi) is 3.90. The molecule has 0 amide bonds. The lowest BCUT2D eigenvalue weighted by atomic mass is 10.0. The molecule has 2 aromatic rings. The van der Waals surface area contributed by atoms with Crippen molar-refractivity contribution in [3.63, 3.8) is 0 Å². The fourth-order valence-corrected chi connectivity index (χ4v) is 2.07. The third-order valence-electron chi connectivity index (χ3n) is 2.66. The molecule has 0 aliphatic heterocycles. The van der Waals surface area contributed by atoms with Crippen LogP contribution >= 0.6 is 12.2 Å². The summed E-state index contributed by atoms with van der Waals surface area (Å²) in [5.74, 6) is 0. The van der Waals surface area contributed by atoms with Gasteiger partial charge in [0.2, 0.25) is 0 Å². The SMILES string of the molecule is C=C(C)c1ccccc1C(=S)Nc1ccccc1. The lowest BCUT2D eigenvalue weighted by molar-refractivity contribution is 1.53. The number of nitrogens with one attached hydrogen (secondary N) is 1. The van der Waals surface area contributed by atoms with E-state index in [0.29, 0.717) is 0 Å². The van der Waals surface area contributed by atoms with Gasteiger partial charge in [-0.3, -0.25) is 0 Å². The Bertz CT molecular complexity index is 573. The second-order valence-corrected chi connectivity index (χ2v) is 4.55. The van der Waals surface area contributed by atoms with Crippen LogP contribution in [0, 0.1) is 0 Å². The van der Waals surface area contributed by atoms with Crippen molar-refractivity contribution in [1.29, 1.82) is 0 Å². The molecule has 0 heterocycles. The van der Waals surface area contributed by atoms with E-state index in [1.54, 1.807) is 0 Å². The molecule has 1 nitrogen and oxygen atoms in total. The summed E-state index contributed by atoms with van der Waals surface area (Å²) in [5.41, 5.74) is 4.12. The molecule has 0 unspecified atom stereocenters. The summed E-state index contributed by atoms with van der Waals surface area (Å²) in [6, 6.07) is 18.0. The smallest absolute Gasteiger partial charge is 0.111 e. The monoisotopic (exact) mass is 253 g/mol. The number of anilines is 1. The molecule has 0 radical (unpaired) electrons. The minimum Gasteiger partial charge on any atom is -0.346 e. The zero-order valence-corrected chi connectivity index (χ0v) is 11.1. The Balaban J connectivity index is 2.27. The van der Waals surface area contributed by atoms with E-state index in [2.05, 4.69) is 11.9 Å². The number of hydrogen-bond donors (Lipinski definition) is 1. The average Bonchev–Trinajstić information content (AvgIpc) is 2.40. The maximum absolute atomic E-state index is 5.46. The fraction of sp³-hybridized carbons (Fsp3) is 0.0625. The average molecular weight is 253 g/mol. The summed E-state index contributed by atoms with van der Waals surface area (Å²) in [7, 11) is 0. The summed E-state index contributed by atoms with van der Waals surface area (Å²) in [6.45, 7) is 5.98. The van der Waals surface area contributed by atoms with E-state index in [1.165, 1.54) is 0 Å². The molecular weight excluding hydrogens is 238 g/mol. The van der Waals surface area contributed by atoms with Crippen molar-refractivity contribution >= 4 is 28.5 Å². The predicted molar refractivity (Wildman–Crippen MR) is 82.9 cm³/mol. The zero-order valence-electron chi connectivity index (χ0n) is 10.3. The third-order valence-corrected chi connectivity index (χ3v) is 2.99. The number of benzene rings is 2. The van der Waals surface area contributed by atoms with E-state index in [4.69, 9.17) is 12.2 Å². The second kappa shape index (κ2) is 5.61. The maximum Gasteiger partial charge on any atom is 0.111 e. The number of thiocarbonyl (C=S) groups is 1. The third kappa shape index (κ3) is 2.84. The van der Waals surface area contributed by atoms with Crippen LogP contribution in [0.5, 0.6) is 0 Å². The standard InChI is InChI=1S/C16H15NS/c1-12(2)14-10-6-7-11-15(14)16(18)17-13-8-4-3-5-9-13/h3-11H,1H2,2H3,(H,17,18). The van der Waals surface area contributed by atoms with Gasteiger partial charge in [-0.15, -0.1) is 0 Å². The van der Waals surface area contributed by atoms with E-state index < -0.39 is 0 Å². The highest BCUT2D eigenvalue weighted by Gasteiger charge is 2.07. The first-order valence-corrected chi connectivity index (χ1v) is 6.20. The highest BCUT2D eigenvalue weighted by molar-refractivity contribution is 7.81. The topological polar surface area (TPSA) is 12.0 Å². The molecule has 18 heavy (non-hydrogen) atoms. The molecule has 0 bridgehead atoms. The molecule has 0 aliphatic rings. The minimum absolute atomic E-state index is 0.722. The molecule has 90 valence electrons. The molecule has 0 spiro atoms. The number of rotatable bonds is 3. The Morgan fingerprint density at radius 2 is 1.50 bits per heavy atom. The van der Waals surface area contributed by atoms with Crippen LogP contribution in [-0.2, 0) is 0 Å². The summed E-state index contributed by atoms with van der Waals surface area (Å²) < 4.78 is 0. The maximum atomic E-state index is 5.46. The van der Waals surface area contributed by atoms with Gasteiger partial charge in [-0.1, -0.05) is 66.8 Å². The van der Waals surface area contributed by atoms with Gasteiger partial charge in [0.1, 0.15) is 4.99 Å². The van der Waals surface area contributed by atoms with Gasteiger partial charge in [-0.2, -0.15) is 0 Å². The first kappa shape index (κ1) is 12.5. The van der Waals surface area contributed by atoms with Gasteiger partial charge in [0.15, 0.2) is 0 Å². The lowest BCUT2D eigenvalue weighted by Crippen LogP contribution is -2.12. The molecule has 0 atom stereocenters. The van der Waals surface area contributed by atoms with Crippen LogP contribution in [0.25, 0.3) is 5.57 Å². The number of hydrogen-bond acceptors (Lipinski definition) is 1. The minimum atomic E-state index is 0.722. The summed E-state index contributed by atoms with van der Waals surface area (Å²) in [4.78, 5) is 0.722. The molecular formula is C16H15NS. The van der Waals surface area contributed by atoms with Crippen molar-refractivity contribution in [2.75, 3.05) is 5.32 Å². The Morgan fingerprint density at radius 1 is 0.944 bits per heavy atom. The quantitative estimate of drug-likeness (QED) is 0.808. The molecule has 0 saturated heterocycles. The lowest BCUT2D eigenvalue weighted by Gasteiger charge is -2.12. The molecule has 0 aromatic heterocycles. The molecule has 1 N–H and O–H groups in total. The highest BCUT2D eigenvalue weighted by Crippen LogP contribution is 2.19. The highest BCUT2D eigenvalue weighted by atomic mass is 32.1. The van der Waals surface area contributed by atoms with Crippen LogP contribution in [0.1, 0.15) is 18.1 Å². The zero-order chi connectivity index (χ0) is 13.0. The van der Waals surface area contributed by atoms with Crippen molar-refractivity contribution in [3.05, 3.63) is 72.3 Å². The van der Waals surface area contributed by atoms with Gasteiger partial charge < -0.3 is 5.32 Å². The molecule has 0 saturated carbocycles. The fourth-order valence-electron chi connectivity index (χ4n) is 1.77. The first-order valence-electron chi connectivity index (χ1n) is 5.80. The summed E-state index contributed by atoms with van der Waals surface area (Å²) >= 11 is 5.46. The van der Waals surface area contributed by atoms with E-state index in [9.17, 15) is 0 Å². The Labute approximate surface area is 113 Å². The molecule has 2 heteroatoms. The van der Waals surface area contributed by atoms with Gasteiger partial charge >= 0.3 is 0 Å². The van der Waals surface area contributed by atoms with Crippen molar-refractivity contribution in [2.24, 2.45) is 0 Å². The van der Waals surface area contributed by atoms with Crippen molar-refractivity contribution in [3.8, 4) is 0 Å². The number of para-hydroxylation sites is 1. The van der Waals surface area contributed by atoms with E-state index in [-0.39, 0.29) is 0 Å². The Hall–Kier alpha value is -1.93. The van der Waals surface area contributed by atoms with E-state index in [1.807, 2.05) is 61.5 Å². The Morgan fingerprint density at radius 3 is 2.11 bits per heavy atom. The van der Waals surface area contributed by atoms with Gasteiger partial charge in [-0.05, 0) is 24.6 Å².